The van der Waals surface area contributed by atoms with Crippen LogP contribution in [-0.4, -0.2) is 42.2 Å². The maximum absolute atomic E-state index is 12.0. The Morgan fingerprint density at radius 3 is 2.82 bits per heavy atom. The van der Waals surface area contributed by atoms with E-state index in [1.807, 2.05) is 19.2 Å². The van der Waals surface area contributed by atoms with Gasteiger partial charge in [-0.05, 0) is 13.8 Å². The Morgan fingerprint density at radius 1 is 1.53 bits per heavy atom. The van der Waals surface area contributed by atoms with Crippen molar-refractivity contribution >= 4 is 17.4 Å². The van der Waals surface area contributed by atoms with Crippen LogP contribution in [0, 0.1) is 0 Å². The number of morpholine rings is 1. The minimum absolute atomic E-state index is 0.0477. The lowest BCUT2D eigenvalue weighted by atomic mass is 10.1. The molecule has 1 saturated heterocycles. The number of rotatable bonds is 2. The van der Waals surface area contributed by atoms with Crippen LogP contribution in [0.3, 0.4) is 0 Å². The maximum Gasteiger partial charge on any atom is 0.318 e. The van der Waals surface area contributed by atoms with Gasteiger partial charge in [-0.15, -0.1) is 11.3 Å². The smallest absolute Gasteiger partial charge is 0.318 e. The van der Waals surface area contributed by atoms with E-state index < -0.39 is 5.54 Å². The molecule has 0 spiro atoms. The summed E-state index contributed by atoms with van der Waals surface area (Å²) in [6.45, 7) is 6.46. The minimum Gasteiger partial charge on any atom is -0.378 e. The first-order valence-electron chi connectivity index (χ1n) is 5.64. The molecule has 0 unspecified atom stereocenters. The van der Waals surface area contributed by atoms with Gasteiger partial charge in [0, 0.05) is 24.7 Å². The summed E-state index contributed by atoms with van der Waals surface area (Å²) in [4.78, 5) is 18.1. The summed E-state index contributed by atoms with van der Waals surface area (Å²) < 4.78 is 5.22. The van der Waals surface area contributed by atoms with Crippen LogP contribution in [-0.2, 0) is 10.3 Å². The van der Waals surface area contributed by atoms with Gasteiger partial charge < -0.3 is 15.0 Å². The zero-order valence-corrected chi connectivity index (χ0v) is 10.9. The zero-order valence-electron chi connectivity index (χ0n) is 10.1. The monoisotopic (exact) mass is 255 g/mol. The van der Waals surface area contributed by atoms with Crippen LogP contribution in [0.15, 0.2) is 11.6 Å². The van der Waals surface area contributed by atoms with E-state index in [9.17, 15) is 4.79 Å². The van der Waals surface area contributed by atoms with E-state index in [1.165, 1.54) is 0 Å². The van der Waals surface area contributed by atoms with Crippen molar-refractivity contribution in [3.8, 4) is 0 Å². The lowest BCUT2D eigenvalue weighted by molar-refractivity contribution is 0.0514. The Morgan fingerprint density at radius 2 is 2.24 bits per heavy atom. The first-order chi connectivity index (χ1) is 8.09. The number of hydrogen-bond donors (Lipinski definition) is 1. The number of nitrogens with one attached hydrogen (secondary N) is 1. The Bertz CT molecular complexity index is 372. The molecule has 1 fully saturated rings. The number of carbonyl (C=O) groups is 1. The second-order valence-corrected chi connectivity index (χ2v) is 5.39. The van der Waals surface area contributed by atoms with Crippen LogP contribution in [0.4, 0.5) is 4.79 Å². The fourth-order valence-electron chi connectivity index (χ4n) is 1.70. The van der Waals surface area contributed by atoms with E-state index in [0.717, 1.165) is 5.01 Å². The summed E-state index contributed by atoms with van der Waals surface area (Å²) in [5.41, 5.74) is -0.427. The molecule has 1 aromatic heterocycles. The van der Waals surface area contributed by atoms with Crippen molar-refractivity contribution in [1.29, 1.82) is 0 Å². The number of hydrogen-bond acceptors (Lipinski definition) is 4. The fraction of sp³-hybridized carbons (Fsp3) is 0.636. The molecule has 0 aromatic carbocycles. The van der Waals surface area contributed by atoms with Crippen LogP contribution in [0.1, 0.15) is 18.9 Å². The third-order valence-electron chi connectivity index (χ3n) is 2.68. The standard InChI is InChI=1S/C11H17N3O2S/c1-11(2,9-12-3-8-17-9)13-10(15)14-4-6-16-7-5-14/h3,8H,4-7H2,1-2H3,(H,13,15). The Hall–Kier alpha value is -1.14. The average Bonchev–Trinajstić information content (AvgIpc) is 2.84. The Balaban J connectivity index is 1.97. The predicted molar refractivity (Wildman–Crippen MR) is 66.1 cm³/mol. The second-order valence-electron chi connectivity index (χ2n) is 4.49. The number of nitrogens with zero attached hydrogens (tertiary/aromatic N) is 2. The third kappa shape index (κ3) is 2.95. The molecule has 2 heterocycles. The maximum atomic E-state index is 12.0. The van der Waals surface area contributed by atoms with Gasteiger partial charge >= 0.3 is 6.03 Å². The highest BCUT2D eigenvalue weighted by molar-refractivity contribution is 7.09. The Labute approximate surface area is 105 Å². The molecule has 0 atom stereocenters. The van der Waals surface area contributed by atoms with Crippen molar-refractivity contribution in [1.82, 2.24) is 15.2 Å². The summed E-state index contributed by atoms with van der Waals surface area (Å²) >= 11 is 1.55. The summed E-state index contributed by atoms with van der Waals surface area (Å²) in [6.07, 6.45) is 1.75. The van der Waals surface area contributed by atoms with Gasteiger partial charge in [0.05, 0.1) is 18.8 Å². The van der Waals surface area contributed by atoms with E-state index >= 15 is 0 Å². The summed E-state index contributed by atoms with van der Waals surface area (Å²) in [6, 6.07) is -0.0477. The highest BCUT2D eigenvalue weighted by atomic mass is 32.1. The average molecular weight is 255 g/mol. The van der Waals surface area contributed by atoms with Crippen molar-refractivity contribution in [2.24, 2.45) is 0 Å². The van der Waals surface area contributed by atoms with Gasteiger partial charge in [-0.2, -0.15) is 0 Å². The molecule has 5 nitrogen and oxygen atoms in total. The van der Waals surface area contributed by atoms with E-state index in [0.29, 0.717) is 26.3 Å². The quantitative estimate of drug-likeness (QED) is 0.869. The largest absolute Gasteiger partial charge is 0.378 e. The van der Waals surface area contributed by atoms with Gasteiger partial charge in [0.25, 0.3) is 0 Å². The topological polar surface area (TPSA) is 54.5 Å². The van der Waals surface area contributed by atoms with Crippen molar-refractivity contribution in [3.05, 3.63) is 16.6 Å². The van der Waals surface area contributed by atoms with Gasteiger partial charge in [0.15, 0.2) is 0 Å². The van der Waals surface area contributed by atoms with Crippen molar-refractivity contribution in [2.75, 3.05) is 26.3 Å². The molecule has 6 heteroatoms. The highest BCUT2D eigenvalue weighted by Gasteiger charge is 2.28. The van der Waals surface area contributed by atoms with Crippen LogP contribution in [0.2, 0.25) is 0 Å². The number of aromatic nitrogens is 1. The molecule has 1 aliphatic heterocycles. The van der Waals surface area contributed by atoms with Crippen molar-refractivity contribution in [3.63, 3.8) is 0 Å². The molecule has 2 amide bonds. The minimum atomic E-state index is -0.427. The zero-order chi connectivity index (χ0) is 12.3. The lowest BCUT2D eigenvalue weighted by Gasteiger charge is -2.31. The molecule has 17 heavy (non-hydrogen) atoms. The Kier molecular flexibility index (Phi) is 3.63. The number of carbonyl (C=O) groups excluding carboxylic acids is 1. The second kappa shape index (κ2) is 5.01. The molecule has 1 aliphatic rings. The molecule has 1 N–H and O–H groups in total. The predicted octanol–water partition coefficient (Wildman–Crippen LogP) is 1.42. The molecular formula is C11H17N3O2S. The SMILES string of the molecule is CC(C)(NC(=O)N1CCOCC1)c1nccs1. The van der Waals surface area contributed by atoms with Gasteiger partial charge in [-0.3, -0.25) is 0 Å². The van der Waals surface area contributed by atoms with Crippen LogP contribution in [0.5, 0.6) is 0 Å². The van der Waals surface area contributed by atoms with Crippen LogP contribution in [0.25, 0.3) is 0 Å². The number of urea groups is 1. The van der Waals surface area contributed by atoms with Gasteiger partial charge in [-0.25, -0.2) is 9.78 Å². The molecule has 0 radical (unpaired) electrons. The highest BCUT2D eigenvalue weighted by Crippen LogP contribution is 2.22. The first-order valence-corrected chi connectivity index (χ1v) is 6.52. The van der Waals surface area contributed by atoms with Gasteiger partial charge in [0.2, 0.25) is 0 Å². The molecule has 0 aliphatic carbocycles. The number of ether oxygens (including phenoxy) is 1. The molecule has 1 aromatic rings. The summed E-state index contributed by atoms with van der Waals surface area (Å²) in [7, 11) is 0. The molecule has 0 saturated carbocycles. The van der Waals surface area contributed by atoms with E-state index in [1.54, 1.807) is 22.4 Å². The molecule has 94 valence electrons. The fourth-order valence-corrected chi connectivity index (χ4v) is 2.42. The van der Waals surface area contributed by atoms with E-state index in [-0.39, 0.29) is 6.03 Å². The van der Waals surface area contributed by atoms with Crippen LogP contribution < -0.4 is 5.32 Å². The normalized spacial score (nSPS) is 16.9. The summed E-state index contributed by atoms with van der Waals surface area (Å²) in [5, 5.41) is 5.84. The third-order valence-corrected chi connectivity index (χ3v) is 3.78. The molecule has 0 bridgehead atoms. The summed E-state index contributed by atoms with van der Waals surface area (Å²) in [5.74, 6) is 0. The van der Waals surface area contributed by atoms with Gasteiger partial charge in [-0.1, -0.05) is 0 Å². The van der Waals surface area contributed by atoms with Gasteiger partial charge in [0.1, 0.15) is 5.01 Å². The van der Waals surface area contributed by atoms with E-state index in [4.69, 9.17) is 4.74 Å². The van der Waals surface area contributed by atoms with Crippen molar-refractivity contribution < 1.29 is 9.53 Å². The number of thiazole rings is 1. The first kappa shape index (κ1) is 12.3. The number of amides is 2. The van der Waals surface area contributed by atoms with E-state index in [2.05, 4.69) is 10.3 Å². The molecule has 2 rings (SSSR count). The van der Waals surface area contributed by atoms with Crippen LogP contribution >= 0.6 is 11.3 Å². The van der Waals surface area contributed by atoms with Crippen molar-refractivity contribution in [2.45, 2.75) is 19.4 Å². The lowest BCUT2D eigenvalue weighted by Crippen LogP contribution is -2.51. The molecular weight excluding hydrogens is 238 g/mol.